The Bertz CT molecular complexity index is 1270. The van der Waals surface area contributed by atoms with Crippen LogP contribution in [-0.4, -0.2) is 40.4 Å². The van der Waals surface area contributed by atoms with Gasteiger partial charge in [0.05, 0.1) is 16.9 Å². The second-order valence-electron chi connectivity index (χ2n) is 6.94. The van der Waals surface area contributed by atoms with Crippen LogP contribution in [0.25, 0.3) is 28.1 Å². The number of hydrogen-bond donors (Lipinski definition) is 1. The summed E-state index contributed by atoms with van der Waals surface area (Å²) in [6.07, 6.45) is 3.28. The molecule has 0 aliphatic rings. The lowest BCUT2D eigenvalue weighted by Gasteiger charge is -2.13. The lowest BCUT2D eigenvalue weighted by molar-refractivity contribution is -0.114. The molecule has 1 N–H and O–H groups in total. The number of aromatic nitrogens is 7. The molecule has 0 saturated heterocycles. The molecule has 1 amide bonds. The van der Waals surface area contributed by atoms with Crippen LogP contribution in [-0.2, 0) is 17.8 Å². The van der Waals surface area contributed by atoms with E-state index in [2.05, 4.69) is 30.5 Å². The van der Waals surface area contributed by atoms with Gasteiger partial charge in [-0.1, -0.05) is 0 Å². The number of hydrogen-bond acceptors (Lipinski definition) is 6. The van der Waals surface area contributed by atoms with Crippen molar-refractivity contribution in [3.63, 3.8) is 0 Å². The van der Waals surface area contributed by atoms with E-state index < -0.39 is 11.7 Å². The smallest absolute Gasteiger partial charge is 0.303 e. The van der Waals surface area contributed by atoms with E-state index in [4.69, 9.17) is 0 Å². The minimum atomic E-state index is -3.26. The van der Waals surface area contributed by atoms with Crippen molar-refractivity contribution in [3.8, 4) is 17.2 Å². The molecule has 4 aromatic heterocycles. The molecule has 0 aliphatic carbocycles. The molecule has 4 aromatic rings. The first kappa shape index (κ1) is 19.6. The van der Waals surface area contributed by atoms with Crippen LogP contribution >= 0.6 is 0 Å². The number of pyridine rings is 1. The Hall–Kier alpha value is -3.76. The highest BCUT2D eigenvalue weighted by molar-refractivity contribution is 5.91. The molecule has 0 fully saturated rings. The zero-order valence-corrected chi connectivity index (χ0v) is 16.7. The molecule has 0 bridgehead atoms. The highest BCUT2D eigenvalue weighted by Gasteiger charge is 2.30. The maximum Gasteiger partial charge on any atom is 0.303 e. The largest absolute Gasteiger partial charge is 0.311 e. The van der Waals surface area contributed by atoms with Crippen LogP contribution in [0.3, 0.4) is 0 Å². The highest BCUT2D eigenvalue weighted by Crippen LogP contribution is 2.29. The Morgan fingerprint density at radius 2 is 1.97 bits per heavy atom. The molecule has 0 aromatic carbocycles. The Labute approximate surface area is 169 Å². The molecule has 4 rings (SSSR count). The summed E-state index contributed by atoms with van der Waals surface area (Å²) in [6.45, 7) is 3.84. The van der Waals surface area contributed by atoms with Gasteiger partial charge in [-0.25, -0.2) is 15.0 Å². The minimum absolute atomic E-state index is 0.233. The van der Waals surface area contributed by atoms with Crippen LogP contribution < -0.4 is 5.32 Å². The molecular formula is C19H18F2N8O. The third-order valence-electron chi connectivity index (χ3n) is 4.36. The average Bonchev–Trinajstić information content (AvgIpc) is 3.22. The van der Waals surface area contributed by atoms with Gasteiger partial charge in [0.1, 0.15) is 17.3 Å². The fourth-order valence-electron chi connectivity index (χ4n) is 3.09. The first-order valence-corrected chi connectivity index (χ1v) is 9.02. The first-order chi connectivity index (χ1) is 14.1. The summed E-state index contributed by atoms with van der Waals surface area (Å²) in [5.41, 5.74) is 1.82. The van der Waals surface area contributed by atoms with Crippen LogP contribution in [0, 0.1) is 6.92 Å². The molecule has 4 heterocycles. The number of fused-ring (bicyclic) bond motifs is 1. The van der Waals surface area contributed by atoms with E-state index in [9.17, 15) is 13.6 Å². The van der Waals surface area contributed by atoms with Crippen molar-refractivity contribution in [1.29, 1.82) is 0 Å². The van der Waals surface area contributed by atoms with Crippen LogP contribution in [0.2, 0.25) is 0 Å². The van der Waals surface area contributed by atoms with Crippen LogP contribution in [0.1, 0.15) is 25.4 Å². The van der Waals surface area contributed by atoms with Crippen LogP contribution in [0.15, 0.2) is 30.6 Å². The summed E-state index contributed by atoms with van der Waals surface area (Å²) in [5.74, 6) is -3.58. The van der Waals surface area contributed by atoms with Gasteiger partial charge < -0.3 is 9.88 Å². The van der Waals surface area contributed by atoms with E-state index in [0.29, 0.717) is 22.7 Å². The highest BCUT2D eigenvalue weighted by atomic mass is 19.3. The Morgan fingerprint density at radius 1 is 1.20 bits per heavy atom. The molecule has 0 unspecified atom stereocenters. The van der Waals surface area contributed by atoms with E-state index in [0.717, 1.165) is 12.3 Å². The maximum atomic E-state index is 14.2. The van der Waals surface area contributed by atoms with Crippen molar-refractivity contribution in [2.24, 2.45) is 7.05 Å². The SMILES string of the molecule is CC(=O)Nc1cc2c(ccn2-c2cc(-c3nn(C)nc3C)nc(C(C)(F)F)n2)cn1. The van der Waals surface area contributed by atoms with Crippen LogP contribution in [0.5, 0.6) is 0 Å². The summed E-state index contributed by atoms with van der Waals surface area (Å²) in [5, 5.41) is 11.8. The van der Waals surface area contributed by atoms with E-state index in [1.165, 1.54) is 11.7 Å². The number of alkyl halides is 2. The third kappa shape index (κ3) is 3.61. The second-order valence-corrected chi connectivity index (χ2v) is 6.94. The standard InChI is InChI=1S/C19H18F2N8O/c1-10-17(27-28(4)26-10)13-7-16(25-18(24-13)19(3,20)21)29-6-5-12-9-22-15(8-14(12)29)23-11(2)30/h5-9H,1-4H3,(H,22,23,30). The number of carbonyl (C=O) groups is 1. The third-order valence-corrected chi connectivity index (χ3v) is 4.36. The Morgan fingerprint density at radius 3 is 2.60 bits per heavy atom. The zero-order valence-electron chi connectivity index (χ0n) is 16.7. The van der Waals surface area contributed by atoms with E-state index in [-0.39, 0.29) is 17.4 Å². The average molecular weight is 412 g/mol. The number of aryl methyl sites for hydroxylation is 2. The van der Waals surface area contributed by atoms with E-state index in [1.54, 1.807) is 49.1 Å². The van der Waals surface area contributed by atoms with Crippen molar-refractivity contribution in [2.45, 2.75) is 26.7 Å². The predicted molar refractivity (Wildman–Crippen MR) is 105 cm³/mol. The van der Waals surface area contributed by atoms with Crippen molar-refractivity contribution >= 4 is 22.6 Å². The van der Waals surface area contributed by atoms with Gasteiger partial charge in [0.2, 0.25) is 11.7 Å². The molecule has 154 valence electrons. The lowest BCUT2D eigenvalue weighted by Crippen LogP contribution is -2.15. The lowest BCUT2D eigenvalue weighted by atomic mass is 10.2. The first-order valence-electron chi connectivity index (χ1n) is 9.02. The number of anilines is 1. The summed E-state index contributed by atoms with van der Waals surface area (Å²) < 4.78 is 30.0. The number of nitrogens with zero attached hydrogens (tertiary/aromatic N) is 7. The predicted octanol–water partition coefficient (Wildman–Crippen LogP) is 2.99. The topological polar surface area (TPSA) is 103 Å². The monoisotopic (exact) mass is 412 g/mol. The molecular weight excluding hydrogens is 394 g/mol. The summed E-state index contributed by atoms with van der Waals surface area (Å²) in [7, 11) is 1.64. The van der Waals surface area contributed by atoms with E-state index >= 15 is 0 Å². The van der Waals surface area contributed by atoms with E-state index in [1.807, 2.05) is 0 Å². The van der Waals surface area contributed by atoms with Gasteiger partial charge in [-0.05, 0) is 13.0 Å². The number of amides is 1. The van der Waals surface area contributed by atoms with Crippen molar-refractivity contribution < 1.29 is 13.6 Å². The van der Waals surface area contributed by atoms with Crippen LogP contribution in [0.4, 0.5) is 14.6 Å². The fourth-order valence-corrected chi connectivity index (χ4v) is 3.09. The second kappa shape index (κ2) is 6.94. The Kier molecular flexibility index (Phi) is 4.52. The van der Waals surface area contributed by atoms with Gasteiger partial charge in [-0.15, -0.1) is 0 Å². The maximum absolute atomic E-state index is 14.2. The molecule has 11 heteroatoms. The van der Waals surface area contributed by atoms with Gasteiger partial charge in [0.15, 0.2) is 0 Å². The molecule has 0 aliphatic heterocycles. The fraction of sp³-hybridized carbons (Fsp3) is 0.263. The number of rotatable bonds is 4. The molecule has 0 radical (unpaired) electrons. The molecule has 30 heavy (non-hydrogen) atoms. The number of halogens is 2. The van der Waals surface area contributed by atoms with Gasteiger partial charge in [-0.3, -0.25) is 4.79 Å². The van der Waals surface area contributed by atoms with Gasteiger partial charge >= 0.3 is 5.92 Å². The molecule has 0 saturated carbocycles. The quantitative estimate of drug-likeness (QED) is 0.553. The Balaban J connectivity index is 1.93. The van der Waals surface area contributed by atoms with Gasteiger partial charge in [0.25, 0.3) is 0 Å². The molecule has 0 atom stereocenters. The summed E-state index contributed by atoms with van der Waals surface area (Å²) >= 11 is 0. The molecule has 0 spiro atoms. The van der Waals surface area contributed by atoms with Gasteiger partial charge in [0, 0.05) is 50.8 Å². The summed E-state index contributed by atoms with van der Waals surface area (Å²) in [4.78, 5) is 25.0. The summed E-state index contributed by atoms with van der Waals surface area (Å²) in [6, 6.07) is 5.00. The minimum Gasteiger partial charge on any atom is -0.311 e. The number of nitrogens with one attached hydrogen (secondary N) is 1. The van der Waals surface area contributed by atoms with Crippen molar-refractivity contribution in [3.05, 3.63) is 42.1 Å². The van der Waals surface area contributed by atoms with Gasteiger partial charge in [-0.2, -0.15) is 23.8 Å². The normalized spacial score (nSPS) is 11.8. The number of carbonyl (C=O) groups excluding carboxylic acids is 1. The zero-order chi connectivity index (χ0) is 21.6. The van der Waals surface area contributed by atoms with Crippen molar-refractivity contribution in [2.75, 3.05) is 5.32 Å². The molecule has 9 nitrogen and oxygen atoms in total. The van der Waals surface area contributed by atoms with Crippen molar-refractivity contribution in [1.82, 2.24) is 34.5 Å².